The van der Waals surface area contributed by atoms with Crippen LogP contribution in [-0.4, -0.2) is 34.5 Å². The monoisotopic (exact) mass is 271 g/mol. The molecular formula is C16H21N3O. The van der Waals surface area contributed by atoms with E-state index in [0.29, 0.717) is 5.92 Å². The topological polar surface area (TPSA) is 45.2 Å². The summed E-state index contributed by atoms with van der Waals surface area (Å²) in [6.07, 6.45) is 9.09. The number of amides is 1. The van der Waals surface area contributed by atoms with E-state index in [4.69, 9.17) is 0 Å². The SMILES string of the molecule is O=C1c2cccnc2C[C@]2(C3CCCCC3)NCCN12. The second-order valence-electron chi connectivity index (χ2n) is 6.32. The van der Waals surface area contributed by atoms with Crippen LogP contribution in [0.3, 0.4) is 0 Å². The van der Waals surface area contributed by atoms with Gasteiger partial charge >= 0.3 is 0 Å². The number of rotatable bonds is 1. The van der Waals surface area contributed by atoms with Gasteiger partial charge in [0.2, 0.25) is 0 Å². The largest absolute Gasteiger partial charge is 0.318 e. The van der Waals surface area contributed by atoms with Gasteiger partial charge in [0.05, 0.1) is 11.3 Å². The fraction of sp³-hybridized carbons (Fsp3) is 0.625. The summed E-state index contributed by atoms with van der Waals surface area (Å²) in [5.41, 5.74) is 1.63. The Hall–Kier alpha value is -1.42. The summed E-state index contributed by atoms with van der Waals surface area (Å²) < 4.78 is 0. The summed E-state index contributed by atoms with van der Waals surface area (Å²) >= 11 is 0. The van der Waals surface area contributed by atoms with Gasteiger partial charge in [-0.25, -0.2) is 0 Å². The van der Waals surface area contributed by atoms with Crippen molar-refractivity contribution < 1.29 is 4.79 Å². The van der Waals surface area contributed by atoms with Crippen LogP contribution in [0.1, 0.15) is 48.2 Å². The first-order valence-electron chi connectivity index (χ1n) is 7.82. The van der Waals surface area contributed by atoms with Gasteiger partial charge in [-0.15, -0.1) is 0 Å². The van der Waals surface area contributed by atoms with Crippen LogP contribution >= 0.6 is 0 Å². The molecule has 3 aliphatic rings. The Balaban J connectivity index is 1.77. The lowest BCUT2D eigenvalue weighted by Crippen LogP contribution is -2.63. The highest BCUT2D eigenvalue weighted by atomic mass is 16.2. The predicted molar refractivity (Wildman–Crippen MR) is 76.3 cm³/mol. The third-order valence-electron chi connectivity index (χ3n) is 5.33. The first-order chi connectivity index (χ1) is 9.81. The molecule has 0 unspecified atom stereocenters. The maximum atomic E-state index is 12.8. The zero-order valence-electron chi connectivity index (χ0n) is 11.8. The Morgan fingerprint density at radius 2 is 2.15 bits per heavy atom. The van der Waals surface area contributed by atoms with Crippen LogP contribution in [0, 0.1) is 5.92 Å². The number of pyridine rings is 1. The number of carbonyl (C=O) groups is 1. The second-order valence-corrected chi connectivity index (χ2v) is 6.32. The van der Waals surface area contributed by atoms with Crippen molar-refractivity contribution in [1.82, 2.24) is 15.2 Å². The molecule has 2 fully saturated rings. The molecule has 1 saturated carbocycles. The van der Waals surface area contributed by atoms with Gasteiger partial charge in [0.1, 0.15) is 5.66 Å². The highest BCUT2D eigenvalue weighted by Gasteiger charge is 2.52. The van der Waals surface area contributed by atoms with Gasteiger partial charge < -0.3 is 4.90 Å². The molecule has 0 radical (unpaired) electrons. The fourth-order valence-corrected chi connectivity index (χ4v) is 4.38. The zero-order valence-corrected chi connectivity index (χ0v) is 11.8. The van der Waals surface area contributed by atoms with Crippen LogP contribution < -0.4 is 5.32 Å². The minimum Gasteiger partial charge on any atom is -0.318 e. The number of nitrogens with one attached hydrogen (secondary N) is 1. The molecule has 4 rings (SSSR count). The van der Waals surface area contributed by atoms with Gasteiger partial charge in [0.15, 0.2) is 0 Å². The maximum absolute atomic E-state index is 12.8. The van der Waals surface area contributed by atoms with Gasteiger partial charge in [-0.3, -0.25) is 15.1 Å². The molecule has 1 atom stereocenters. The summed E-state index contributed by atoms with van der Waals surface area (Å²) in [5.74, 6) is 0.757. The number of aromatic nitrogens is 1. The molecule has 0 aromatic carbocycles. The molecule has 4 nitrogen and oxygen atoms in total. The normalized spacial score (nSPS) is 30.2. The molecule has 1 aromatic rings. The summed E-state index contributed by atoms with van der Waals surface area (Å²) in [6, 6.07) is 3.79. The van der Waals surface area contributed by atoms with Gasteiger partial charge in [-0.05, 0) is 30.9 Å². The van der Waals surface area contributed by atoms with Gasteiger partial charge in [0.25, 0.3) is 5.91 Å². The molecule has 1 aliphatic carbocycles. The predicted octanol–water partition coefficient (Wildman–Crippen LogP) is 1.96. The van der Waals surface area contributed by atoms with E-state index in [0.717, 1.165) is 30.8 Å². The van der Waals surface area contributed by atoms with E-state index < -0.39 is 0 Å². The number of fused-ring (bicyclic) bond motifs is 2. The zero-order chi connectivity index (χ0) is 13.6. The van der Waals surface area contributed by atoms with E-state index in [1.54, 1.807) is 0 Å². The van der Waals surface area contributed by atoms with Crippen LogP contribution in [0.15, 0.2) is 18.3 Å². The molecule has 20 heavy (non-hydrogen) atoms. The molecule has 3 heterocycles. The molecule has 1 aromatic heterocycles. The van der Waals surface area contributed by atoms with Crippen molar-refractivity contribution in [2.24, 2.45) is 5.92 Å². The minimum absolute atomic E-state index is 0.154. The first kappa shape index (κ1) is 12.3. The Kier molecular flexibility index (Phi) is 2.81. The Labute approximate surface area is 119 Å². The van der Waals surface area contributed by atoms with Crippen molar-refractivity contribution >= 4 is 5.91 Å². The summed E-state index contributed by atoms with van der Waals surface area (Å²) in [6.45, 7) is 1.75. The molecule has 0 bridgehead atoms. The van der Waals surface area contributed by atoms with E-state index in [1.165, 1.54) is 32.1 Å². The summed E-state index contributed by atoms with van der Waals surface area (Å²) in [4.78, 5) is 19.4. The quantitative estimate of drug-likeness (QED) is 0.849. The average molecular weight is 271 g/mol. The average Bonchev–Trinajstić information content (AvgIpc) is 2.94. The molecule has 0 spiro atoms. The molecular weight excluding hydrogens is 250 g/mol. The van der Waals surface area contributed by atoms with Crippen LogP contribution in [0.5, 0.6) is 0 Å². The molecule has 1 amide bonds. The summed E-state index contributed by atoms with van der Waals surface area (Å²) in [5, 5.41) is 3.68. The van der Waals surface area contributed by atoms with E-state index >= 15 is 0 Å². The molecule has 4 heteroatoms. The van der Waals surface area contributed by atoms with E-state index in [1.807, 2.05) is 18.3 Å². The Bertz CT molecular complexity index is 538. The molecule has 1 N–H and O–H groups in total. The number of nitrogens with zero attached hydrogens (tertiary/aromatic N) is 2. The van der Waals surface area contributed by atoms with Gasteiger partial charge in [0, 0.05) is 25.7 Å². The van der Waals surface area contributed by atoms with Crippen molar-refractivity contribution in [3.8, 4) is 0 Å². The third-order valence-corrected chi connectivity index (χ3v) is 5.33. The lowest BCUT2D eigenvalue weighted by atomic mass is 9.75. The van der Waals surface area contributed by atoms with Crippen molar-refractivity contribution in [3.05, 3.63) is 29.6 Å². The van der Waals surface area contributed by atoms with Crippen molar-refractivity contribution in [2.45, 2.75) is 44.2 Å². The number of hydrogen-bond donors (Lipinski definition) is 1. The van der Waals surface area contributed by atoms with Crippen molar-refractivity contribution in [3.63, 3.8) is 0 Å². The Morgan fingerprint density at radius 1 is 1.30 bits per heavy atom. The van der Waals surface area contributed by atoms with Crippen LogP contribution in [0.4, 0.5) is 0 Å². The fourth-order valence-electron chi connectivity index (χ4n) is 4.38. The minimum atomic E-state index is -0.154. The van der Waals surface area contributed by atoms with Crippen LogP contribution in [-0.2, 0) is 6.42 Å². The Morgan fingerprint density at radius 3 is 3.00 bits per heavy atom. The first-order valence-corrected chi connectivity index (χ1v) is 7.82. The molecule has 2 aliphatic heterocycles. The lowest BCUT2D eigenvalue weighted by molar-refractivity contribution is 0.0195. The highest BCUT2D eigenvalue weighted by Crippen LogP contribution is 2.42. The molecule has 106 valence electrons. The molecule has 1 saturated heterocycles. The third kappa shape index (κ3) is 1.64. The highest BCUT2D eigenvalue weighted by molar-refractivity contribution is 5.97. The van der Waals surface area contributed by atoms with Gasteiger partial charge in [-0.2, -0.15) is 0 Å². The number of hydrogen-bond acceptors (Lipinski definition) is 3. The van der Waals surface area contributed by atoms with Crippen LogP contribution in [0.2, 0.25) is 0 Å². The summed E-state index contributed by atoms with van der Waals surface area (Å²) in [7, 11) is 0. The van der Waals surface area contributed by atoms with E-state index in [9.17, 15) is 4.79 Å². The van der Waals surface area contributed by atoms with Gasteiger partial charge in [-0.1, -0.05) is 19.3 Å². The van der Waals surface area contributed by atoms with Crippen LogP contribution in [0.25, 0.3) is 0 Å². The van der Waals surface area contributed by atoms with E-state index in [-0.39, 0.29) is 11.6 Å². The maximum Gasteiger partial charge on any atom is 0.257 e. The second kappa shape index (κ2) is 4.55. The van der Waals surface area contributed by atoms with Crippen molar-refractivity contribution in [2.75, 3.05) is 13.1 Å². The smallest absolute Gasteiger partial charge is 0.257 e. The lowest BCUT2D eigenvalue weighted by Gasteiger charge is -2.48. The van der Waals surface area contributed by atoms with Crippen molar-refractivity contribution in [1.29, 1.82) is 0 Å². The van der Waals surface area contributed by atoms with E-state index in [2.05, 4.69) is 15.2 Å². The standard InChI is InChI=1S/C16H21N3O/c20-15-13-7-4-8-17-14(13)11-16(18-9-10-19(15)16)12-5-2-1-3-6-12/h4,7-8,12,18H,1-3,5-6,9-11H2/t16-/m0/s1. The number of carbonyl (C=O) groups excluding carboxylic acids is 1.